The van der Waals surface area contributed by atoms with Crippen molar-refractivity contribution in [2.24, 2.45) is 11.8 Å². The molecular weight excluding hydrogens is 218 g/mol. The number of nitrogens with zero attached hydrogens (tertiary/aromatic N) is 2. The van der Waals surface area contributed by atoms with Gasteiger partial charge >= 0.3 is 0 Å². The topological polar surface area (TPSA) is 73.2 Å². The Hall–Kier alpha value is -1.57. The van der Waals surface area contributed by atoms with E-state index in [1.165, 1.54) is 0 Å². The first-order valence-electron chi connectivity index (χ1n) is 6.04. The molecule has 2 amide bonds. The predicted molar refractivity (Wildman–Crippen MR) is 62.8 cm³/mol. The van der Waals surface area contributed by atoms with Crippen molar-refractivity contribution in [3.05, 3.63) is 0 Å². The molecule has 1 fully saturated rings. The predicted octanol–water partition coefficient (Wildman–Crippen LogP) is 0.521. The Bertz CT molecular complexity index is 327. The quantitative estimate of drug-likeness (QED) is 0.777. The zero-order chi connectivity index (χ0) is 12.8. The maximum atomic E-state index is 11.9. The molecule has 1 heterocycles. The summed E-state index contributed by atoms with van der Waals surface area (Å²) in [7, 11) is 1.63. The van der Waals surface area contributed by atoms with E-state index in [1.807, 2.05) is 13.0 Å². The standard InChI is InChI=1S/C12H19N3O2/c1-3-9(8-13)12(17)15-6-4-10(5-7-15)11(16)14-2/h9-10H,3-7H2,1-2H3,(H,14,16). The molecule has 1 unspecified atom stereocenters. The van der Waals surface area contributed by atoms with Gasteiger partial charge in [0.1, 0.15) is 5.92 Å². The van der Waals surface area contributed by atoms with Crippen molar-refractivity contribution in [2.75, 3.05) is 20.1 Å². The van der Waals surface area contributed by atoms with Crippen LogP contribution in [0, 0.1) is 23.2 Å². The molecule has 1 rings (SSSR count). The van der Waals surface area contributed by atoms with E-state index in [2.05, 4.69) is 5.32 Å². The largest absolute Gasteiger partial charge is 0.359 e. The van der Waals surface area contributed by atoms with Crippen LogP contribution in [0.25, 0.3) is 0 Å². The normalized spacial score (nSPS) is 18.3. The van der Waals surface area contributed by atoms with Gasteiger partial charge in [0, 0.05) is 26.1 Å². The van der Waals surface area contributed by atoms with E-state index in [1.54, 1.807) is 11.9 Å². The fraction of sp³-hybridized carbons (Fsp3) is 0.750. The average molecular weight is 237 g/mol. The van der Waals surface area contributed by atoms with Crippen LogP contribution in [-0.2, 0) is 9.59 Å². The molecule has 1 aliphatic heterocycles. The van der Waals surface area contributed by atoms with Gasteiger partial charge in [0.2, 0.25) is 11.8 Å². The third-order valence-electron chi connectivity index (χ3n) is 3.29. The number of hydrogen-bond acceptors (Lipinski definition) is 3. The van der Waals surface area contributed by atoms with Gasteiger partial charge in [-0.3, -0.25) is 9.59 Å². The fourth-order valence-electron chi connectivity index (χ4n) is 2.11. The summed E-state index contributed by atoms with van der Waals surface area (Å²) in [4.78, 5) is 25.0. The highest BCUT2D eigenvalue weighted by Crippen LogP contribution is 2.19. The second kappa shape index (κ2) is 6.24. The van der Waals surface area contributed by atoms with E-state index < -0.39 is 5.92 Å². The van der Waals surface area contributed by atoms with Crippen LogP contribution < -0.4 is 5.32 Å². The second-order valence-electron chi connectivity index (χ2n) is 4.30. The van der Waals surface area contributed by atoms with Crippen LogP contribution >= 0.6 is 0 Å². The molecule has 0 spiro atoms. The van der Waals surface area contributed by atoms with Gasteiger partial charge in [0.25, 0.3) is 0 Å². The van der Waals surface area contributed by atoms with Crippen molar-refractivity contribution in [1.29, 1.82) is 5.26 Å². The molecular formula is C12H19N3O2. The third kappa shape index (κ3) is 3.19. The Morgan fingerprint density at radius 2 is 2.06 bits per heavy atom. The number of carbonyl (C=O) groups excluding carboxylic acids is 2. The zero-order valence-corrected chi connectivity index (χ0v) is 10.4. The van der Waals surface area contributed by atoms with E-state index in [0.29, 0.717) is 32.4 Å². The van der Waals surface area contributed by atoms with Crippen LogP contribution in [0.3, 0.4) is 0 Å². The van der Waals surface area contributed by atoms with Gasteiger partial charge in [-0.25, -0.2) is 0 Å². The van der Waals surface area contributed by atoms with Gasteiger partial charge in [0.15, 0.2) is 0 Å². The minimum atomic E-state index is -0.536. The summed E-state index contributed by atoms with van der Waals surface area (Å²) in [5, 5.41) is 11.5. The van der Waals surface area contributed by atoms with Crippen molar-refractivity contribution in [2.45, 2.75) is 26.2 Å². The Morgan fingerprint density at radius 1 is 1.47 bits per heavy atom. The Labute approximate surface area is 102 Å². The summed E-state index contributed by atoms with van der Waals surface area (Å²) in [6, 6.07) is 2.02. The number of piperidine rings is 1. The highest BCUT2D eigenvalue weighted by atomic mass is 16.2. The highest BCUT2D eigenvalue weighted by molar-refractivity contribution is 5.82. The van der Waals surface area contributed by atoms with Gasteiger partial charge in [0.05, 0.1) is 6.07 Å². The third-order valence-corrected chi connectivity index (χ3v) is 3.29. The van der Waals surface area contributed by atoms with Crippen LogP contribution in [0.1, 0.15) is 26.2 Å². The van der Waals surface area contributed by atoms with Crippen molar-refractivity contribution >= 4 is 11.8 Å². The second-order valence-corrected chi connectivity index (χ2v) is 4.30. The van der Waals surface area contributed by atoms with Crippen LogP contribution in [-0.4, -0.2) is 36.9 Å². The maximum Gasteiger partial charge on any atom is 0.239 e. The number of nitriles is 1. The molecule has 0 radical (unpaired) electrons. The van der Waals surface area contributed by atoms with E-state index in [-0.39, 0.29) is 17.7 Å². The summed E-state index contributed by atoms with van der Waals surface area (Å²) in [6.07, 6.45) is 1.92. The molecule has 5 heteroatoms. The summed E-state index contributed by atoms with van der Waals surface area (Å²) in [6.45, 7) is 2.99. The molecule has 0 bridgehead atoms. The Balaban J connectivity index is 2.50. The van der Waals surface area contributed by atoms with Crippen molar-refractivity contribution < 1.29 is 9.59 Å². The van der Waals surface area contributed by atoms with Crippen molar-refractivity contribution in [3.8, 4) is 6.07 Å². The van der Waals surface area contributed by atoms with Crippen LogP contribution in [0.15, 0.2) is 0 Å². The minimum Gasteiger partial charge on any atom is -0.359 e. The lowest BCUT2D eigenvalue weighted by Gasteiger charge is -2.32. The number of hydrogen-bond donors (Lipinski definition) is 1. The molecule has 0 saturated carbocycles. The average Bonchev–Trinajstić information content (AvgIpc) is 2.39. The fourth-order valence-corrected chi connectivity index (χ4v) is 2.11. The monoisotopic (exact) mass is 237 g/mol. The van der Waals surface area contributed by atoms with Gasteiger partial charge < -0.3 is 10.2 Å². The summed E-state index contributed by atoms with van der Waals surface area (Å²) >= 11 is 0. The number of carbonyl (C=O) groups is 2. The van der Waals surface area contributed by atoms with Gasteiger partial charge in [-0.05, 0) is 19.3 Å². The van der Waals surface area contributed by atoms with E-state index in [4.69, 9.17) is 5.26 Å². The first kappa shape index (κ1) is 13.5. The lowest BCUT2D eigenvalue weighted by molar-refractivity contribution is -0.137. The molecule has 94 valence electrons. The molecule has 0 aromatic carbocycles. The number of rotatable bonds is 3. The zero-order valence-electron chi connectivity index (χ0n) is 10.4. The number of amides is 2. The molecule has 17 heavy (non-hydrogen) atoms. The smallest absolute Gasteiger partial charge is 0.239 e. The summed E-state index contributed by atoms with van der Waals surface area (Å²) < 4.78 is 0. The van der Waals surface area contributed by atoms with E-state index in [0.717, 1.165) is 0 Å². The molecule has 1 aliphatic rings. The van der Waals surface area contributed by atoms with Crippen molar-refractivity contribution in [1.82, 2.24) is 10.2 Å². The van der Waals surface area contributed by atoms with E-state index >= 15 is 0 Å². The first-order valence-corrected chi connectivity index (χ1v) is 6.04. The van der Waals surface area contributed by atoms with Crippen LogP contribution in [0.5, 0.6) is 0 Å². The summed E-state index contributed by atoms with van der Waals surface area (Å²) in [5.74, 6) is -0.576. The molecule has 0 aromatic heterocycles. The molecule has 0 aromatic rings. The SMILES string of the molecule is CCC(C#N)C(=O)N1CCC(C(=O)NC)CC1. The molecule has 0 aliphatic carbocycles. The van der Waals surface area contributed by atoms with Crippen LogP contribution in [0.4, 0.5) is 0 Å². The lowest BCUT2D eigenvalue weighted by atomic mass is 9.94. The minimum absolute atomic E-state index is 0.00575. The number of likely N-dealkylation sites (tertiary alicyclic amines) is 1. The molecule has 1 saturated heterocycles. The Morgan fingerprint density at radius 3 is 2.47 bits per heavy atom. The maximum absolute atomic E-state index is 11.9. The summed E-state index contributed by atoms with van der Waals surface area (Å²) in [5.41, 5.74) is 0. The van der Waals surface area contributed by atoms with Crippen molar-refractivity contribution in [3.63, 3.8) is 0 Å². The van der Waals surface area contributed by atoms with Crippen LogP contribution in [0.2, 0.25) is 0 Å². The van der Waals surface area contributed by atoms with Gasteiger partial charge in [-0.2, -0.15) is 5.26 Å². The first-order chi connectivity index (χ1) is 8.13. The Kier molecular flexibility index (Phi) is 4.95. The van der Waals surface area contributed by atoms with Gasteiger partial charge in [-0.15, -0.1) is 0 Å². The van der Waals surface area contributed by atoms with Gasteiger partial charge in [-0.1, -0.05) is 6.92 Å². The number of nitrogens with one attached hydrogen (secondary N) is 1. The lowest BCUT2D eigenvalue weighted by Crippen LogP contribution is -2.44. The highest BCUT2D eigenvalue weighted by Gasteiger charge is 2.29. The molecule has 1 atom stereocenters. The molecule has 5 nitrogen and oxygen atoms in total. The molecule has 1 N–H and O–H groups in total. The van der Waals surface area contributed by atoms with E-state index in [9.17, 15) is 9.59 Å².